The molecule has 0 rings (SSSR count). The van der Waals surface area contributed by atoms with E-state index in [0.29, 0.717) is 19.6 Å². The van der Waals surface area contributed by atoms with Crippen LogP contribution in [-0.4, -0.2) is 25.3 Å². The van der Waals surface area contributed by atoms with Gasteiger partial charge in [0.25, 0.3) is 0 Å². The first-order valence-electron chi connectivity index (χ1n) is 3.76. The fourth-order valence-electron chi connectivity index (χ4n) is 0.717. The number of nitrogens with two attached hydrogens (primary N) is 1. The highest BCUT2D eigenvalue weighted by Crippen LogP contribution is 1.99. The zero-order valence-electron chi connectivity index (χ0n) is 7.09. The molecule has 0 saturated heterocycles. The first-order chi connectivity index (χ1) is 5.20. The molecule has 0 radical (unpaired) electrons. The molecule has 66 valence electrons. The van der Waals surface area contributed by atoms with Gasteiger partial charge >= 0.3 is 0 Å². The molecule has 0 amide bonds. The Kier molecular flexibility index (Phi) is 5.78. The molecular weight excluding hydrogens is 144 g/mol. The Morgan fingerprint density at radius 3 is 2.09 bits per heavy atom. The van der Waals surface area contributed by atoms with E-state index in [0.717, 1.165) is 0 Å². The topological polar surface area (TPSA) is 68.3 Å². The normalized spacial score (nSPS) is 10.5. The van der Waals surface area contributed by atoms with Crippen LogP contribution in [0.1, 0.15) is 20.3 Å². The van der Waals surface area contributed by atoms with E-state index < -0.39 is 0 Å². The predicted molar refractivity (Wildman–Crippen MR) is 43.6 cm³/mol. The van der Waals surface area contributed by atoms with Crippen molar-refractivity contribution in [1.82, 2.24) is 0 Å². The zero-order chi connectivity index (χ0) is 8.69. The van der Waals surface area contributed by atoms with E-state index in [4.69, 9.17) is 20.6 Å². The van der Waals surface area contributed by atoms with Crippen molar-refractivity contribution in [3.8, 4) is 0 Å². The maximum atomic E-state index is 7.00. The van der Waals surface area contributed by atoms with Crippen LogP contribution in [0.5, 0.6) is 0 Å². The maximum absolute atomic E-state index is 7.00. The van der Waals surface area contributed by atoms with Crippen LogP contribution in [-0.2, 0) is 9.47 Å². The molecule has 0 aliphatic heterocycles. The SMILES string of the molecule is CCOC(CC(=N)N)OCC. The fourth-order valence-corrected chi connectivity index (χ4v) is 0.717. The molecule has 4 heteroatoms. The van der Waals surface area contributed by atoms with Crippen LogP contribution >= 0.6 is 0 Å². The molecular formula is C7H16N2O2. The summed E-state index contributed by atoms with van der Waals surface area (Å²) in [5.41, 5.74) is 5.18. The predicted octanol–water partition coefficient (Wildman–Crippen LogP) is 0.712. The molecule has 3 N–H and O–H groups in total. The summed E-state index contributed by atoms with van der Waals surface area (Å²) in [6, 6.07) is 0. The van der Waals surface area contributed by atoms with Crippen LogP contribution in [0, 0.1) is 5.41 Å². The van der Waals surface area contributed by atoms with Crippen LogP contribution in [0.3, 0.4) is 0 Å². The van der Waals surface area contributed by atoms with Gasteiger partial charge in [-0.25, -0.2) is 0 Å². The van der Waals surface area contributed by atoms with Gasteiger partial charge < -0.3 is 15.2 Å². The molecule has 0 aliphatic rings. The second-order valence-corrected chi connectivity index (χ2v) is 2.07. The lowest BCUT2D eigenvalue weighted by atomic mass is 10.4. The van der Waals surface area contributed by atoms with Gasteiger partial charge in [0.2, 0.25) is 0 Å². The van der Waals surface area contributed by atoms with Crippen molar-refractivity contribution in [2.75, 3.05) is 13.2 Å². The van der Waals surface area contributed by atoms with Gasteiger partial charge in [-0.05, 0) is 13.8 Å². The van der Waals surface area contributed by atoms with Crippen molar-refractivity contribution in [2.24, 2.45) is 5.73 Å². The minimum atomic E-state index is -0.345. The quantitative estimate of drug-likeness (QED) is 0.341. The minimum absolute atomic E-state index is 0.0944. The van der Waals surface area contributed by atoms with Gasteiger partial charge in [0.15, 0.2) is 6.29 Å². The highest BCUT2D eigenvalue weighted by Gasteiger charge is 2.08. The highest BCUT2D eigenvalue weighted by atomic mass is 16.7. The van der Waals surface area contributed by atoms with E-state index in [1.807, 2.05) is 13.8 Å². The molecule has 0 saturated carbocycles. The van der Waals surface area contributed by atoms with E-state index >= 15 is 0 Å². The third-order valence-electron chi connectivity index (χ3n) is 1.09. The monoisotopic (exact) mass is 160 g/mol. The Labute approximate surface area is 67.2 Å². The van der Waals surface area contributed by atoms with Crippen molar-refractivity contribution in [2.45, 2.75) is 26.6 Å². The summed E-state index contributed by atoms with van der Waals surface area (Å²) in [4.78, 5) is 0. The van der Waals surface area contributed by atoms with Crippen LogP contribution in [0.15, 0.2) is 0 Å². The van der Waals surface area contributed by atoms with E-state index in [1.54, 1.807) is 0 Å². The van der Waals surface area contributed by atoms with E-state index in [2.05, 4.69) is 0 Å². The van der Waals surface area contributed by atoms with Crippen LogP contribution in [0.25, 0.3) is 0 Å². The Hall–Kier alpha value is -0.610. The molecule has 0 heterocycles. The van der Waals surface area contributed by atoms with Crippen LogP contribution < -0.4 is 5.73 Å². The summed E-state index contributed by atoms with van der Waals surface area (Å²) < 4.78 is 10.3. The summed E-state index contributed by atoms with van der Waals surface area (Å²) in [5, 5.41) is 7.00. The third-order valence-corrected chi connectivity index (χ3v) is 1.09. The zero-order valence-corrected chi connectivity index (χ0v) is 7.09. The summed E-state index contributed by atoms with van der Waals surface area (Å²) in [7, 11) is 0. The summed E-state index contributed by atoms with van der Waals surface area (Å²) >= 11 is 0. The average molecular weight is 160 g/mol. The van der Waals surface area contributed by atoms with Crippen molar-refractivity contribution >= 4 is 5.84 Å². The van der Waals surface area contributed by atoms with Gasteiger partial charge in [0.05, 0.1) is 12.3 Å². The summed E-state index contributed by atoms with van der Waals surface area (Å²) in [6.07, 6.45) is 0.00398. The van der Waals surface area contributed by atoms with Gasteiger partial charge in [-0.15, -0.1) is 0 Å². The average Bonchev–Trinajstić information content (AvgIpc) is 1.87. The van der Waals surface area contributed by atoms with E-state index in [-0.39, 0.29) is 12.1 Å². The van der Waals surface area contributed by atoms with Crippen molar-refractivity contribution in [3.63, 3.8) is 0 Å². The molecule has 0 fully saturated rings. The van der Waals surface area contributed by atoms with Crippen LogP contribution in [0.2, 0.25) is 0 Å². The number of hydrogen-bond donors (Lipinski definition) is 2. The van der Waals surface area contributed by atoms with Crippen molar-refractivity contribution in [1.29, 1.82) is 5.41 Å². The Morgan fingerprint density at radius 1 is 1.36 bits per heavy atom. The Balaban J connectivity index is 3.59. The molecule has 4 nitrogen and oxygen atoms in total. The van der Waals surface area contributed by atoms with Gasteiger partial charge in [-0.1, -0.05) is 0 Å². The van der Waals surface area contributed by atoms with Gasteiger partial charge in [0.1, 0.15) is 0 Å². The van der Waals surface area contributed by atoms with Crippen LogP contribution in [0.4, 0.5) is 0 Å². The standard InChI is InChI=1S/C7H16N2O2/c1-3-10-7(11-4-2)5-6(8)9/h7H,3-5H2,1-2H3,(H3,8,9). The number of nitrogens with one attached hydrogen (secondary N) is 1. The molecule has 0 aromatic heterocycles. The van der Waals surface area contributed by atoms with Gasteiger partial charge in [-0.2, -0.15) is 0 Å². The fraction of sp³-hybridized carbons (Fsp3) is 0.857. The molecule has 11 heavy (non-hydrogen) atoms. The molecule has 0 unspecified atom stereocenters. The first kappa shape index (κ1) is 10.4. The number of rotatable bonds is 6. The summed E-state index contributed by atoms with van der Waals surface area (Å²) in [5.74, 6) is 0.0944. The molecule has 0 atom stereocenters. The van der Waals surface area contributed by atoms with Crippen molar-refractivity contribution in [3.05, 3.63) is 0 Å². The van der Waals surface area contributed by atoms with Crippen molar-refractivity contribution < 1.29 is 9.47 Å². The highest BCUT2D eigenvalue weighted by molar-refractivity contribution is 5.77. The Bertz CT molecular complexity index is 111. The van der Waals surface area contributed by atoms with Gasteiger partial charge in [0, 0.05) is 13.2 Å². The van der Waals surface area contributed by atoms with E-state index in [1.165, 1.54) is 0 Å². The molecule has 0 aliphatic carbocycles. The minimum Gasteiger partial charge on any atom is -0.388 e. The summed E-state index contributed by atoms with van der Waals surface area (Å²) in [6.45, 7) is 4.92. The first-order valence-corrected chi connectivity index (χ1v) is 3.76. The molecule has 0 spiro atoms. The Morgan fingerprint density at radius 2 is 1.82 bits per heavy atom. The lowest BCUT2D eigenvalue weighted by Crippen LogP contribution is -2.24. The number of ether oxygens (including phenoxy) is 2. The third kappa shape index (κ3) is 5.82. The van der Waals surface area contributed by atoms with E-state index in [9.17, 15) is 0 Å². The lowest BCUT2D eigenvalue weighted by Gasteiger charge is -2.15. The number of amidine groups is 1. The molecule has 0 aromatic rings. The molecule has 0 bridgehead atoms. The van der Waals surface area contributed by atoms with Gasteiger partial charge in [-0.3, -0.25) is 5.41 Å². The second-order valence-electron chi connectivity index (χ2n) is 2.07. The largest absolute Gasteiger partial charge is 0.388 e. The smallest absolute Gasteiger partial charge is 0.164 e. The maximum Gasteiger partial charge on any atom is 0.164 e. The lowest BCUT2D eigenvalue weighted by molar-refractivity contribution is -0.130. The molecule has 0 aromatic carbocycles. The number of hydrogen-bond acceptors (Lipinski definition) is 3. The second kappa shape index (κ2) is 6.12.